The van der Waals surface area contributed by atoms with E-state index in [1.165, 1.54) is 25.1 Å². The summed E-state index contributed by atoms with van der Waals surface area (Å²) in [5, 5.41) is 3.97. The largest absolute Gasteiger partial charge is 0.501 e. The van der Waals surface area contributed by atoms with Crippen LogP contribution in [-0.4, -0.2) is 52.4 Å². The van der Waals surface area contributed by atoms with Crippen molar-refractivity contribution in [3.8, 4) is 23.1 Å². The highest BCUT2D eigenvalue weighted by molar-refractivity contribution is 7.92. The minimum absolute atomic E-state index is 0.152. The van der Waals surface area contributed by atoms with Gasteiger partial charge in [0.25, 0.3) is 9.84 Å². The van der Waals surface area contributed by atoms with Gasteiger partial charge in [0, 0.05) is 0 Å². The first-order valence-corrected chi connectivity index (χ1v) is 14.3. The van der Waals surface area contributed by atoms with E-state index in [-0.39, 0.29) is 38.9 Å². The highest BCUT2D eigenvalue weighted by Crippen LogP contribution is 2.34. The summed E-state index contributed by atoms with van der Waals surface area (Å²) in [6, 6.07) is 9.54. The van der Waals surface area contributed by atoms with Crippen molar-refractivity contribution in [1.82, 2.24) is 24.3 Å². The van der Waals surface area contributed by atoms with E-state index in [0.717, 1.165) is 39.8 Å². The lowest BCUT2D eigenvalue weighted by Crippen LogP contribution is -2.23. The van der Waals surface area contributed by atoms with E-state index in [0.29, 0.717) is 12.1 Å². The predicted molar refractivity (Wildman–Crippen MR) is 131 cm³/mol. The van der Waals surface area contributed by atoms with Gasteiger partial charge in [-0.1, -0.05) is 6.92 Å². The number of oxazole rings is 1. The Bertz CT molecular complexity index is 2050. The van der Waals surface area contributed by atoms with Gasteiger partial charge in [-0.15, -0.1) is 0 Å². The smallest absolute Gasteiger partial charge is 0.435 e. The van der Waals surface area contributed by atoms with Crippen LogP contribution < -0.4 is 5.69 Å². The molecule has 5 aromatic rings. The van der Waals surface area contributed by atoms with Crippen molar-refractivity contribution in [3.63, 3.8) is 0 Å². The Kier molecular flexibility index (Phi) is 6.37. The van der Waals surface area contributed by atoms with Gasteiger partial charge in [-0.2, -0.15) is 23.0 Å². The zero-order valence-electron chi connectivity index (χ0n) is 20.0. The van der Waals surface area contributed by atoms with Gasteiger partial charge in [0.1, 0.15) is 23.4 Å². The van der Waals surface area contributed by atoms with Gasteiger partial charge in [-0.3, -0.25) is 0 Å². The second-order valence-electron chi connectivity index (χ2n) is 8.19. The molecule has 0 radical (unpaired) electrons. The molecule has 0 N–H and O–H groups in total. The molecule has 17 heteroatoms. The van der Waals surface area contributed by atoms with Gasteiger partial charge in [0.2, 0.25) is 5.89 Å². The minimum atomic E-state index is -5.69. The molecule has 0 aliphatic carbocycles. The molecular weight excluding hydrogens is 582 g/mol. The van der Waals surface area contributed by atoms with Gasteiger partial charge in [0.15, 0.2) is 21.2 Å². The lowest BCUT2D eigenvalue weighted by Gasteiger charge is -2.08. The van der Waals surface area contributed by atoms with E-state index in [1.807, 2.05) is 0 Å². The van der Waals surface area contributed by atoms with Crippen molar-refractivity contribution < 1.29 is 38.8 Å². The van der Waals surface area contributed by atoms with Crippen molar-refractivity contribution in [2.24, 2.45) is 0 Å². The highest BCUT2D eigenvalue weighted by atomic mass is 32.2. The fraction of sp³-hybridized carbons (Fsp3) is 0.130. The van der Waals surface area contributed by atoms with Gasteiger partial charge in [-0.05, 0) is 54.6 Å². The quantitative estimate of drug-likeness (QED) is 0.269. The average molecular weight is 598 g/mol. The summed E-state index contributed by atoms with van der Waals surface area (Å²) in [6.07, 6.45) is 1.13. The predicted octanol–water partition coefficient (Wildman–Crippen LogP) is 3.45. The van der Waals surface area contributed by atoms with E-state index in [2.05, 4.69) is 15.1 Å². The molecule has 3 heterocycles. The standard InChI is InChI=1S/C23H15F4N5O6S2/c1-2-39(34,35)18-9-10-19(32-22(33)31(12-28-32)14-5-3-13(24)4-6-14)30-20(18)21-29-16-11-15(7-8-17(16)38-21)40(36,37)23(25,26)27/h3-12H,2H2,1H3. The van der Waals surface area contributed by atoms with Crippen LogP contribution in [-0.2, 0) is 19.7 Å². The summed E-state index contributed by atoms with van der Waals surface area (Å²) in [6.45, 7) is 1.36. The minimum Gasteiger partial charge on any atom is -0.435 e. The van der Waals surface area contributed by atoms with Crippen molar-refractivity contribution in [2.75, 3.05) is 5.75 Å². The van der Waals surface area contributed by atoms with Gasteiger partial charge < -0.3 is 4.42 Å². The first-order valence-electron chi connectivity index (χ1n) is 11.1. The maximum atomic E-state index is 13.3. The number of fused-ring (bicyclic) bond motifs is 1. The molecule has 0 fully saturated rings. The molecule has 0 aliphatic rings. The van der Waals surface area contributed by atoms with Gasteiger partial charge >= 0.3 is 11.2 Å². The second kappa shape index (κ2) is 9.37. The first kappa shape index (κ1) is 27.2. The molecule has 5 rings (SSSR count). The topological polar surface area (TPSA) is 147 Å². The van der Waals surface area contributed by atoms with Crippen LogP contribution in [0.25, 0.3) is 34.2 Å². The molecular formula is C23H15F4N5O6S2. The maximum Gasteiger partial charge on any atom is 0.501 e. The third-order valence-corrected chi connectivity index (χ3v) is 8.97. The Hall–Kier alpha value is -4.38. The zero-order chi connectivity index (χ0) is 29.0. The van der Waals surface area contributed by atoms with Crippen molar-refractivity contribution in [3.05, 3.63) is 77.2 Å². The Morgan fingerprint density at radius 3 is 2.30 bits per heavy atom. The summed E-state index contributed by atoms with van der Waals surface area (Å²) in [7, 11) is -9.66. The van der Waals surface area contributed by atoms with Crippen LogP contribution in [0, 0.1) is 5.82 Å². The molecule has 0 bridgehead atoms. The van der Waals surface area contributed by atoms with Crippen molar-refractivity contribution in [1.29, 1.82) is 0 Å². The van der Waals surface area contributed by atoms with Crippen LogP contribution in [0.1, 0.15) is 6.92 Å². The monoisotopic (exact) mass is 597 g/mol. The molecule has 0 spiro atoms. The van der Waals surface area contributed by atoms with Crippen LogP contribution in [0.3, 0.4) is 0 Å². The number of rotatable bonds is 6. The van der Waals surface area contributed by atoms with Crippen molar-refractivity contribution in [2.45, 2.75) is 22.2 Å². The van der Waals surface area contributed by atoms with E-state index < -0.39 is 47.5 Å². The molecule has 11 nitrogen and oxygen atoms in total. The Morgan fingerprint density at radius 2 is 1.65 bits per heavy atom. The first-order chi connectivity index (χ1) is 18.7. The fourth-order valence-corrected chi connectivity index (χ4v) is 5.46. The fourth-order valence-electron chi connectivity index (χ4n) is 3.66. The Morgan fingerprint density at radius 1 is 0.950 bits per heavy atom. The Labute approximate surface area is 222 Å². The van der Waals surface area contributed by atoms with E-state index in [4.69, 9.17) is 4.42 Å². The van der Waals surface area contributed by atoms with Crippen LogP contribution in [0.15, 0.2) is 79.9 Å². The molecule has 0 atom stereocenters. The Balaban J connectivity index is 1.67. The summed E-state index contributed by atoms with van der Waals surface area (Å²) < 4.78 is 109. The molecule has 40 heavy (non-hydrogen) atoms. The summed E-state index contributed by atoms with van der Waals surface area (Å²) in [5.74, 6) is -1.52. The number of benzene rings is 2. The molecule has 0 amide bonds. The molecule has 2 aromatic carbocycles. The zero-order valence-corrected chi connectivity index (χ0v) is 21.6. The molecule has 3 aromatic heterocycles. The number of hydrogen-bond acceptors (Lipinski definition) is 9. The van der Waals surface area contributed by atoms with Crippen LogP contribution in [0.5, 0.6) is 0 Å². The number of sulfone groups is 2. The van der Waals surface area contributed by atoms with E-state index in [9.17, 15) is 39.2 Å². The maximum absolute atomic E-state index is 13.3. The summed E-state index contributed by atoms with van der Waals surface area (Å²) in [5.41, 5.74) is -6.87. The molecule has 208 valence electrons. The summed E-state index contributed by atoms with van der Waals surface area (Å²) in [4.78, 5) is 19.8. The van der Waals surface area contributed by atoms with Crippen LogP contribution in [0.2, 0.25) is 0 Å². The third-order valence-electron chi connectivity index (χ3n) is 5.73. The van der Waals surface area contributed by atoms with Crippen LogP contribution in [0.4, 0.5) is 17.6 Å². The number of pyridine rings is 1. The molecule has 0 aliphatic heterocycles. The SMILES string of the molecule is CCS(=O)(=O)c1ccc(-n2ncn(-c3ccc(F)cc3)c2=O)nc1-c1nc2cc(S(=O)(=O)C(F)(F)F)ccc2o1. The molecule has 0 unspecified atom stereocenters. The summed E-state index contributed by atoms with van der Waals surface area (Å²) >= 11 is 0. The number of aromatic nitrogens is 5. The number of halogens is 4. The van der Waals surface area contributed by atoms with Crippen LogP contribution >= 0.6 is 0 Å². The normalized spacial score (nSPS) is 12.7. The van der Waals surface area contributed by atoms with Gasteiger partial charge in [0.05, 0.1) is 21.2 Å². The molecule has 0 saturated carbocycles. The number of hydrogen-bond donors (Lipinski definition) is 0. The van der Waals surface area contributed by atoms with Gasteiger partial charge in [-0.25, -0.2) is 40.6 Å². The van der Waals surface area contributed by atoms with E-state index in [1.54, 1.807) is 0 Å². The number of alkyl halides is 3. The lowest BCUT2D eigenvalue weighted by molar-refractivity contribution is -0.0436. The van der Waals surface area contributed by atoms with E-state index >= 15 is 0 Å². The lowest BCUT2D eigenvalue weighted by atomic mass is 10.3. The second-order valence-corrected chi connectivity index (χ2v) is 12.4. The highest BCUT2D eigenvalue weighted by Gasteiger charge is 2.47. The van der Waals surface area contributed by atoms with Crippen molar-refractivity contribution >= 4 is 30.8 Å². The third kappa shape index (κ3) is 4.56. The average Bonchev–Trinajstić information content (AvgIpc) is 3.51. The molecule has 0 saturated heterocycles. The number of nitrogens with zero attached hydrogens (tertiary/aromatic N) is 5.